The van der Waals surface area contributed by atoms with Gasteiger partial charge in [0.1, 0.15) is 0 Å². The Bertz CT molecular complexity index is 671. The van der Waals surface area contributed by atoms with Crippen LogP contribution < -0.4 is 15.2 Å². The summed E-state index contributed by atoms with van der Waals surface area (Å²) < 4.78 is 0. The van der Waals surface area contributed by atoms with Gasteiger partial charge in [-0.25, -0.2) is 5.01 Å². The Labute approximate surface area is 143 Å². The third kappa shape index (κ3) is 2.30. The maximum Gasteiger partial charge on any atom is 0.241 e. The minimum Gasteiger partial charge on any atom is -0.378 e. The topological polar surface area (TPSA) is 40.0 Å². The summed E-state index contributed by atoms with van der Waals surface area (Å²) in [5.74, 6) is 0.779. The Morgan fingerprint density at radius 1 is 1.25 bits per heavy atom. The van der Waals surface area contributed by atoms with Gasteiger partial charge in [-0.1, -0.05) is 19.1 Å². The van der Waals surface area contributed by atoms with Crippen LogP contribution in [0.5, 0.6) is 0 Å². The summed E-state index contributed by atoms with van der Waals surface area (Å²) in [6, 6.07) is 8.69. The standard InChI is InChI=1S/C19H26N4O/c1-4-16(24)23-18(14-5-7-15(8-6-14)21(2)3)19-17(20-23)13-9-11-22(19)12-10-13/h5-8,13,18,20H,4,9-12H2,1-3H3/p+1. The quantitative estimate of drug-likeness (QED) is 0.872. The highest BCUT2D eigenvalue weighted by atomic mass is 16.2. The minimum absolute atomic E-state index is 0.0433. The summed E-state index contributed by atoms with van der Waals surface area (Å²) in [5.41, 5.74) is 8.63. The Balaban J connectivity index is 1.75. The second-order valence-electron chi connectivity index (χ2n) is 7.32. The normalized spacial score (nSPS) is 28.0. The molecule has 1 unspecified atom stereocenters. The van der Waals surface area contributed by atoms with E-state index in [0.717, 1.165) is 0 Å². The molecule has 24 heavy (non-hydrogen) atoms. The Kier molecular flexibility index (Phi) is 3.76. The predicted octanol–water partition coefficient (Wildman–Crippen LogP) is 1.07. The number of carbonyl (C=O) groups excluding carboxylic acids is 1. The highest BCUT2D eigenvalue weighted by Gasteiger charge is 2.49. The van der Waals surface area contributed by atoms with Crippen molar-refractivity contribution in [1.29, 1.82) is 0 Å². The first-order valence-corrected chi connectivity index (χ1v) is 9.05. The van der Waals surface area contributed by atoms with Crippen LogP contribution >= 0.6 is 0 Å². The molecule has 1 aromatic carbocycles. The summed E-state index contributed by atoms with van der Waals surface area (Å²) in [5, 5.41) is 1.89. The number of fused-ring (bicyclic) bond motifs is 2. The maximum atomic E-state index is 12.6. The van der Waals surface area contributed by atoms with E-state index >= 15 is 0 Å². The van der Waals surface area contributed by atoms with Crippen LogP contribution in [0.1, 0.15) is 37.8 Å². The van der Waals surface area contributed by atoms with E-state index in [2.05, 4.69) is 48.7 Å². The van der Waals surface area contributed by atoms with Crippen molar-refractivity contribution in [1.82, 2.24) is 10.4 Å². The lowest BCUT2D eigenvalue weighted by molar-refractivity contribution is -0.875. The zero-order valence-electron chi connectivity index (χ0n) is 14.8. The van der Waals surface area contributed by atoms with Crippen molar-refractivity contribution in [3.8, 4) is 0 Å². The van der Waals surface area contributed by atoms with Crippen LogP contribution in [-0.2, 0) is 4.79 Å². The number of hydrazine groups is 1. The first kappa shape index (κ1) is 15.5. The lowest BCUT2D eigenvalue weighted by atomic mass is 9.85. The number of hydrogen-bond donors (Lipinski definition) is 2. The number of amides is 1. The number of allylic oxidation sites excluding steroid dienone is 1. The average molecular weight is 327 g/mol. The van der Waals surface area contributed by atoms with Crippen LogP contribution in [0, 0.1) is 5.92 Å². The molecule has 2 bridgehead atoms. The maximum absolute atomic E-state index is 12.6. The largest absolute Gasteiger partial charge is 0.378 e. The molecule has 4 aliphatic rings. The Hall–Kier alpha value is -2.01. The first-order valence-electron chi connectivity index (χ1n) is 9.05. The number of anilines is 1. The van der Waals surface area contributed by atoms with Gasteiger partial charge in [0, 0.05) is 45.0 Å². The van der Waals surface area contributed by atoms with E-state index in [1.807, 2.05) is 11.9 Å². The summed E-state index contributed by atoms with van der Waals surface area (Å²) in [6.07, 6.45) is 3.00. The predicted molar refractivity (Wildman–Crippen MR) is 94.2 cm³/mol. The van der Waals surface area contributed by atoms with Crippen LogP contribution in [0.15, 0.2) is 35.7 Å². The molecule has 1 saturated heterocycles. The number of rotatable bonds is 3. The van der Waals surface area contributed by atoms with E-state index in [9.17, 15) is 4.79 Å². The van der Waals surface area contributed by atoms with Gasteiger partial charge in [0.05, 0.1) is 18.8 Å². The first-order chi connectivity index (χ1) is 11.6. The van der Waals surface area contributed by atoms with Crippen molar-refractivity contribution in [3.05, 3.63) is 41.2 Å². The summed E-state index contributed by atoms with van der Waals surface area (Å²) >= 11 is 0. The second kappa shape index (κ2) is 5.81. The highest BCUT2D eigenvalue weighted by Crippen LogP contribution is 2.39. The zero-order valence-corrected chi connectivity index (χ0v) is 14.8. The fraction of sp³-hybridized carbons (Fsp3) is 0.526. The van der Waals surface area contributed by atoms with Gasteiger partial charge in [0.2, 0.25) is 5.91 Å². The van der Waals surface area contributed by atoms with Crippen molar-refractivity contribution in [2.75, 3.05) is 32.1 Å². The van der Waals surface area contributed by atoms with E-state index in [-0.39, 0.29) is 11.9 Å². The van der Waals surface area contributed by atoms with E-state index < -0.39 is 0 Å². The molecule has 1 atom stereocenters. The fourth-order valence-corrected chi connectivity index (χ4v) is 4.40. The summed E-state index contributed by atoms with van der Waals surface area (Å²) in [7, 11) is 4.10. The molecule has 1 amide bonds. The molecule has 0 spiro atoms. The van der Waals surface area contributed by atoms with Crippen molar-refractivity contribution in [3.63, 3.8) is 0 Å². The number of nitrogens with zero attached hydrogens (tertiary/aromatic N) is 2. The van der Waals surface area contributed by atoms with E-state index in [1.165, 1.54) is 48.6 Å². The van der Waals surface area contributed by atoms with Gasteiger partial charge in [0.25, 0.3) is 0 Å². The molecule has 0 aromatic heterocycles. The van der Waals surface area contributed by atoms with Gasteiger partial charge in [-0.3, -0.25) is 10.2 Å². The third-order valence-corrected chi connectivity index (χ3v) is 5.74. The molecule has 0 radical (unpaired) electrons. The molecule has 2 N–H and O–H groups in total. The third-order valence-electron chi connectivity index (χ3n) is 5.74. The van der Waals surface area contributed by atoms with Crippen molar-refractivity contribution >= 4 is 11.6 Å². The molecule has 5 rings (SSSR count). The highest BCUT2D eigenvalue weighted by molar-refractivity contribution is 5.77. The van der Waals surface area contributed by atoms with Crippen molar-refractivity contribution in [2.24, 2.45) is 5.92 Å². The molecule has 1 fully saturated rings. The van der Waals surface area contributed by atoms with E-state index in [0.29, 0.717) is 12.3 Å². The molecule has 0 saturated carbocycles. The summed E-state index contributed by atoms with van der Waals surface area (Å²) in [4.78, 5) is 16.2. The van der Waals surface area contributed by atoms with Crippen LogP contribution in [0.3, 0.4) is 0 Å². The minimum atomic E-state index is 0.0433. The second-order valence-corrected chi connectivity index (χ2v) is 7.32. The zero-order chi connectivity index (χ0) is 16.8. The molecule has 128 valence electrons. The molecule has 4 heterocycles. The monoisotopic (exact) mass is 327 g/mol. The number of carbonyl (C=O) groups is 1. The fourth-order valence-electron chi connectivity index (χ4n) is 4.40. The number of piperidine rings is 1. The van der Waals surface area contributed by atoms with Gasteiger partial charge in [-0.05, 0) is 17.7 Å². The van der Waals surface area contributed by atoms with Crippen LogP contribution in [0.25, 0.3) is 0 Å². The van der Waals surface area contributed by atoms with Crippen molar-refractivity contribution < 1.29 is 9.69 Å². The molecular formula is C19H27N4O+. The summed E-state index contributed by atoms with van der Waals surface area (Å²) in [6.45, 7) is 4.34. The average Bonchev–Trinajstić information content (AvgIpc) is 3.04. The van der Waals surface area contributed by atoms with Crippen LogP contribution in [-0.4, -0.2) is 38.1 Å². The molecule has 5 heteroatoms. The molecule has 4 aliphatic heterocycles. The van der Waals surface area contributed by atoms with Crippen molar-refractivity contribution in [2.45, 2.75) is 32.2 Å². The van der Waals surface area contributed by atoms with Crippen LogP contribution in [0.4, 0.5) is 5.69 Å². The van der Waals surface area contributed by atoms with Gasteiger partial charge in [0.15, 0.2) is 11.7 Å². The molecular weight excluding hydrogens is 300 g/mol. The number of nitrogens with one attached hydrogen (secondary N) is 2. The van der Waals surface area contributed by atoms with Gasteiger partial charge in [-0.15, -0.1) is 0 Å². The number of quaternary nitrogens is 1. The van der Waals surface area contributed by atoms with E-state index in [1.54, 1.807) is 4.90 Å². The number of benzene rings is 1. The molecule has 0 aliphatic carbocycles. The lowest BCUT2D eigenvalue weighted by Crippen LogP contribution is -3.13. The van der Waals surface area contributed by atoms with Gasteiger partial charge in [-0.2, -0.15) is 0 Å². The van der Waals surface area contributed by atoms with E-state index in [4.69, 9.17) is 0 Å². The number of hydrogen-bond acceptors (Lipinski definition) is 3. The Morgan fingerprint density at radius 3 is 2.50 bits per heavy atom. The SMILES string of the molecule is CCC(=O)N1NC2=C(C1c1ccc(N(C)C)cc1)[NH+]1CCC2CC1. The molecule has 5 nitrogen and oxygen atoms in total. The van der Waals surface area contributed by atoms with Gasteiger partial charge < -0.3 is 9.80 Å². The lowest BCUT2D eigenvalue weighted by Gasteiger charge is -2.36. The smallest absolute Gasteiger partial charge is 0.241 e. The Morgan fingerprint density at radius 2 is 1.92 bits per heavy atom. The molecule has 1 aromatic rings. The van der Waals surface area contributed by atoms with Crippen LogP contribution in [0.2, 0.25) is 0 Å². The van der Waals surface area contributed by atoms with Gasteiger partial charge >= 0.3 is 0 Å².